The zero-order valence-corrected chi connectivity index (χ0v) is 11.5. The highest BCUT2D eigenvalue weighted by Gasteiger charge is 1.99. The molecule has 6 heteroatoms. The average molecular weight is 278 g/mol. The smallest absolute Gasteiger partial charge is 0.227 e. The van der Waals surface area contributed by atoms with Gasteiger partial charge in [0.05, 0.1) is 0 Å². The number of benzene rings is 1. The van der Waals surface area contributed by atoms with E-state index in [1.807, 2.05) is 37.3 Å². The zero-order valence-electron chi connectivity index (χ0n) is 11.5. The minimum Gasteiger partial charge on any atom is -0.340 e. The van der Waals surface area contributed by atoms with E-state index in [-0.39, 0.29) is 0 Å². The number of nitrogens with zero attached hydrogens (tertiary/aromatic N) is 4. The molecule has 0 fully saturated rings. The first-order chi connectivity index (χ1) is 10.3. The maximum absolute atomic E-state index is 4.17. The van der Waals surface area contributed by atoms with Gasteiger partial charge in [0, 0.05) is 35.5 Å². The molecule has 0 saturated carbocycles. The molecule has 0 bridgehead atoms. The predicted octanol–water partition coefficient (Wildman–Crippen LogP) is 3.06. The highest BCUT2D eigenvalue weighted by molar-refractivity contribution is 5.62. The van der Waals surface area contributed by atoms with Gasteiger partial charge in [-0.1, -0.05) is 0 Å². The van der Waals surface area contributed by atoms with E-state index in [4.69, 9.17) is 0 Å². The molecule has 6 nitrogen and oxygen atoms in total. The summed E-state index contributed by atoms with van der Waals surface area (Å²) in [5.74, 6) is 1.35. The summed E-state index contributed by atoms with van der Waals surface area (Å²) in [4.78, 5) is 16.5. The van der Waals surface area contributed by atoms with Gasteiger partial charge in [-0.15, -0.1) is 0 Å². The van der Waals surface area contributed by atoms with Gasteiger partial charge in [-0.3, -0.25) is 0 Å². The van der Waals surface area contributed by atoms with Gasteiger partial charge in [-0.05, 0) is 37.3 Å². The van der Waals surface area contributed by atoms with E-state index >= 15 is 0 Å². The van der Waals surface area contributed by atoms with Gasteiger partial charge in [-0.2, -0.15) is 0 Å². The van der Waals surface area contributed by atoms with E-state index in [2.05, 4.69) is 30.6 Å². The Labute approximate surface area is 122 Å². The largest absolute Gasteiger partial charge is 0.340 e. The molecule has 0 spiro atoms. The first-order valence-electron chi connectivity index (χ1n) is 6.49. The highest BCUT2D eigenvalue weighted by atomic mass is 15.1. The molecular formula is C15H14N6. The normalized spacial score (nSPS) is 10.1. The summed E-state index contributed by atoms with van der Waals surface area (Å²) in [6.45, 7) is 1.93. The summed E-state index contributed by atoms with van der Waals surface area (Å²) in [7, 11) is 0. The van der Waals surface area contributed by atoms with Crippen molar-refractivity contribution in [2.75, 3.05) is 10.6 Å². The molecule has 2 aromatic heterocycles. The van der Waals surface area contributed by atoms with Crippen LogP contribution in [0.3, 0.4) is 0 Å². The minimum absolute atomic E-state index is 0.574. The van der Waals surface area contributed by atoms with Crippen LogP contribution in [0.4, 0.5) is 23.1 Å². The van der Waals surface area contributed by atoms with Crippen molar-refractivity contribution < 1.29 is 0 Å². The Morgan fingerprint density at radius 2 is 1.48 bits per heavy atom. The maximum Gasteiger partial charge on any atom is 0.227 e. The van der Waals surface area contributed by atoms with Gasteiger partial charge < -0.3 is 10.6 Å². The maximum atomic E-state index is 4.17. The number of rotatable bonds is 4. The summed E-state index contributed by atoms with van der Waals surface area (Å²) in [5, 5.41) is 6.35. The Bertz CT molecular complexity index is 712. The molecule has 0 aliphatic heterocycles. The van der Waals surface area contributed by atoms with Gasteiger partial charge >= 0.3 is 0 Å². The second kappa shape index (κ2) is 5.96. The number of hydrogen-bond donors (Lipinski definition) is 2. The summed E-state index contributed by atoms with van der Waals surface area (Å²) in [6, 6.07) is 11.5. The van der Waals surface area contributed by atoms with Crippen LogP contribution in [0.1, 0.15) is 5.69 Å². The van der Waals surface area contributed by atoms with E-state index in [1.54, 1.807) is 24.8 Å². The molecule has 2 N–H and O–H groups in total. The third-order valence-electron chi connectivity index (χ3n) is 2.78. The Balaban J connectivity index is 1.69. The van der Waals surface area contributed by atoms with E-state index in [1.165, 1.54) is 0 Å². The number of aryl methyl sites for hydroxylation is 1. The van der Waals surface area contributed by atoms with Crippen LogP contribution in [-0.4, -0.2) is 19.9 Å². The van der Waals surface area contributed by atoms with Crippen molar-refractivity contribution >= 4 is 23.1 Å². The Morgan fingerprint density at radius 1 is 0.810 bits per heavy atom. The van der Waals surface area contributed by atoms with Gasteiger partial charge in [-0.25, -0.2) is 19.9 Å². The molecule has 21 heavy (non-hydrogen) atoms. The molecule has 3 aromatic rings. The van der Waals surface area contributed by atoms with Crippen LogP contribution in [0, 0.1) is 6.92 Å². The first kappa shape index (κ1) is 13.0. The fourth-order valence-corrected chi connectivity index (χ4v) is 1.80. The molecule has 0 aliphatic carbocycles. The van der Waals surface area contributed by atoms with Crippen LogP contribution in [0.15, 0.2) is 55.1 Å². The third kappa shape index (κ3) is 3.50. The number of anilines is 4. The van der Waals surface area contributed by atoms with E-state index in [9.17, 15) is 0 Å². The summed E-state index contributed by atoms with van der Waals surface area (Å²) in [6.07, 6.45) is 4.94. The average Bonchev–Trinajstić information content (AvgIpc) is 2.50. The van der Waals surface area contributed by atoms with Crippen molar-refractivity contribution in [3.63, 3.8) is 0 Å². The van der Waals surface area contributed by atoms with E-state index in [0.717, 1.165) is 22.9 Å². The van der Waals surface area contributed by atoms with Crippen LogP contribution in [-0.2, 0) is 0 Å². The zero-order chi connectivity index (χ0) is 14.5. The van der Waals surface area contributed by atoms with Gasteiger partial charge in [0.15, 0.2) is 0 Å². The van der Waals surface area contributed by atoms with Crippen molar-refractivity contribution in [3.05, 3.63) is 60.8 Å². The quantitative estimate of drug-likeness (QED) is 0.764. The number of nitrogens with one attached hydrogen (secondary N) is 2. The fourth-order valence-electron chi connectivity index (χ4n) is 1.80. The van der Waals surface area contributed by atoms with Crippen LogP contribution in [0.5, 0.6) is 0 Å². The Morgan fingerprint density at radius 3 is 2.14 bits per heavy atom. The molecule has 0 radical (unpaired) electrons. The molecule has 0 amide bonds. The lowest BCUT2D eigenvalue weighted by molar-refractivity contribution is 1.10. The lowest BCUT2D eigenvalue weighted by atomic mass is 10.2. The molecule has 0 aliphatic rings. The van der Waals surface area contributed by atoms with E-state index < -0.39 is 0 Å². The van der Waals surface area contributed by atoms with Gasteiger partial charge in [0.25, 0.3) is 0 Å². The molecular weight excluding hydrogens is 264 g/mol. The minimum atomic E-state index is 0.574. The Hall–Kier alpha value is -3.02. The second-order valence-electron chi connectivity index (χ2n) is 4.44. The van der Waals surface area contributed by atoms with Crippen molar-refractivity contribution in [3.8, 4) is 0 Å². The molecule has 104 valence electrons. The molecule has 2 heterocycles. The monoisotopic (exact) mass is 278 g/mol. The predicted molar refractivity (Wildman–Crippen MR) is 81.8 cm³/mol. The first-order valence-corrected chi connectivity index (χ1v) is 6.49. The van der Waals surface area contributed by atoms with Crippen LogP contribution in [0.25, 0.3) is 0 Å². The van der Waals surface area contributed by atoms with Crippen LogP contribution in [0.2, 0.25) is 0 Å². The standard InChI is InChI=1S/C15H14N6/c1-11-9-14(19-10-18-11)20-12-3-5-13(6-4-12)21-15-16-7-2-8-17-15/h2-10H,1H3,(H,16,17,21)(H,18,19,20). The van der Waals surface area contributed by atoms with Crippen molar-refractivity contribution in [1.29, 1.82) is 0 Å². The topological polar surface area (TPSA) is 75.6 Å². The fraction of sp³-hybridized carbons (Fsp3) is 0.0667. The lowest BCUT2D eigenvalue weighted by Crippen LogP contribution is -1.97. The summed E-state index contributed by atoms with van der Waals surface area (Å²) >= 11 is 0. The van der Waals surface area contributed by atoms with Gasteiger partial charge in [0.1, 0.15) is 12.1 Å². The van der Waals surface area contributed by atoms with Crippen LogP contribution >= 0.6 is 0 Å². The second-order valence-corrected chi connectivity index (χ2v) is 4.44. The van der Waals surface area contributed by atoms with Crippen molar-refractivity contribution in [2.45, 2.75) is 6.92 Å². The summed E-state index contributed by atoms with van der Waals surface area (Å²) in [5.41, 5.74) is 2.80. The lowest BCUT2D eigenvalue weighted by Gasteiger charge is -2.08. The van der Waals surface area contributed by atoms with Crippen LogP contribution < -0.4 is 10.6 Å². The highest BCUT2D eigenvalue weighted by Crippen LogP contribution is 2.19. The SMILES string of the molecule is Cc1cc(Nc2ccc(Nc3ncccn3)cc2)ncn1. The van der Waals surface area contributed by atoms with Gasteiger partial charge in [0.2, 0.25) is 5.95 Å². The Kier molecular flexibility index (Phi) is 3.68. The van der Waals surface area contributed by atoms with Crippen molar-refractivity contribution in [2.24, 2.45) is 0 Å². The number of aromatic nitrogens is 4. The molecule has 0 saturated heterocycles. The number of hydrogen-bond acceptors (Lipinski definition) is 6. The molecule has 0 atom stereocenters. The molecule has 3 rings (SSSR count). The summed E-state index contributed by atoms with van der Waals surface area (Å²) < 4.78 is 0. The molecule has 0 unspecified atom stereocenters. The van der Waals surface area contributed by atoms with Crippen molar-refractivity contribution in [1.82, 2.24) is 19.9 Å². The third-order valence-corrected chi connectivity index (χ3v) is 2.78. The van der Waals surface area contributed by atoms with E-state index in [0.29, 0.717) is 5.95 Å². The molecule has 1 aromatic carbocycles.